The summed E-state index contributed by atoms with van der Waals surface area (Å²) in [6.07, 6.45) is 5.28. The van der Waals surface area contributed by atoms with Crippen molar-refractivity contribution in [1.82, 2.24) is 20.4 Å². The number of aromatic nitrogens is 2. The first-order chi connectivity index (χ1) is 9.92. The molecule has 0 aromatic carbocycles. The lowest BCUT2D eigenvalue weighted by Gasteiger charge is -2.19. The van der Waals surface area contributed by atoms with E-state index < -0.39 is 11.7 Å². The van der Waals surface area contributed by atoms with E-state index in [9.17, 15) is 4.79 Å². The quantitative estimate of drug-likeness (QED) is 0.597. The minimum absolute atomic E-state index is 0.396. The Labute approximate surface area is 126 Å². The molecule has 0 aliphatic rings. The van der Waals surface area contributed by atoms with E-state index >= 15 is 0 Å². The molecule has 1 aromatic rings. The molecule has 0 atom stereocenters. The maximum Gasteiger partial charge on any atom is 0.407 e. The minimum Gasteiger partial charge on any atom is -0.444 e. The van der Waals surface area contributed by atoms with Crippen molar-refractivity contribution in [2.24, 2.45) is 0 Å². The Kier molecular flexibility index (Phi) is 6.94. The van der Waals surface area contributed by atoms with Crippen LogP contribution >= 0.6 is 0 Å². The number of nitrogens with zero attached hydrogens (tertiary/aromatic N) is 2. The molecule has 0 radical (unpaired) electrons. The maximum atomic E-state index is 11.4. The van der Waals surface area contributed by atoms with Gasteiger partial charge in [0, 0.05) is 32.4 Å². The number of hydrogen-bond acceptors (Lipinski definition) is 4. The molecule has 118 valence electrons. The van der Waals surface area contributed by atoms with Gasteiger partial charge in [0.2, 0.25) is 0 Å². The van der Waals surface area contributed by atoms with E-state index in [1.165, 1.54) is 0 Å². The zero-order chi connectivity index (χ0) is 15.7. The fraction of sp³-hybridized carbons (Fsp3) is 0.600. The molecule has 0 spiro atoms. The van der Waals surface area contributed by atoms with Crippen LogP contribution in [0.1, 0.15) is 33.4 Å². The van der Waals surface area contributed by atoms with Crippen LogP contribution in [-0.2, 0) is 17.8 Å². The van der Waals surface area contributed by atoms with Gasteiger partial charge >= 0.3 is 6.09 Å². The van der Waals surface area contributed by atoms with Crippen LogP contribution in [0.3, 0.4) is 0 Å². The molecule has 0 aliphatic carbocycles. The molecule has 1 amide bonds. The molecule has 1 rings (SSSR count). The van der Waals surface area contributed by atoms with Gasteiger partial charge in [0.1, 0.15) is 5.60 Å². The molecule has 0 saturated heterocycles. The molecule has 21 heavy (non-hydrogen) atoms. The first kappa shape index (κ1) is 17.2. The Balaban J connectivity index is 2.12. The number of hydrogen-bond donors (Lipinski definition) is 2. The summed E-state index contributed by atoms with van der Waals surface area (Å²) < 4.78 is 7.09. The van der Waals surface area contributed by atoms with Gasteiger partial charge in [-0.15, -0.1) is 0 Å². The third kappa shape index (κ3) is 7.51. The van der Waals surface area contributed by atoms with Crippen molar-refractivity contribution < 1.29 is 9.53 Å². The van der Waals surface area contributed by atoms with Crippen molar-refractivity contribution >= 4 is 6.09 Å². The average Bonchev–Trinajstić information content (AvgIpc) is 2.83. The number of alkyl carbamates (subject to hydrolysis) is 1. The highest BCUT2D eigenvalue weighted by atomic mass is 16.6. The molecule has 0 unspecified atom stereocenters. The number of rotatable bonds is 7. The second-order valence-electron chi connectivity index (χ2n) is 5.62. The van der Waals surface area contributed by atoms with Crippen molar-refractivity contribution in [3.05, 3.63) is 30.1 Å². The Morgan fingerprint density at radius 3 is 2.76 bits per heavy atom. The summed E-state index contributed by atoms with van der Waals surface area (Å²) in [6.45, 7) is 10.4. The van der Waals surface area contributed by atoms with Crippen LogP contribution in [0.5, 0.6) is 0 Å². The maximum absolute atomic E-state index is 11.4. The van der Waals surface area contributed by atoms with Gasteiger partial charge in [-0.3, -0.25) is 4.68 Å². The summed E-state index contributed by atoms with van der Waals surface area (Å²) in [5.41, 5.74) is 0.704. The lowest BCUT2D eigenvalue weighted by Crippen LogP contribution is -2.32. The third-order valence-electron chi connectivity index (χ3n) is 2.60. The lowest BCUT2D eigenvalue weighted by atomic mass is 10.2. The van der Waals surface area contributed by atoms with Crippen LogP contribution < -0.4 is 10.6 Å². The number of amides is 1. The summed E-state index contributed by atoms with van der Waals surface area (Å²) in [7, 11) is 0. The fourth-order valence-corrected chi connectivity index (χ4v) is 1.70. The molecule has 6 nitrogen and oxygen atoms in total. The highest BCUT2D eigenvalue weighted by molar-refractivity contribution is 5.67. The van der Waals surface area contributed by atoms with Gasteiger partial charge < -0.3 is 15.4 Å². The molecule has 0 aliphatic heterocycles. The lowest BCUT2D eigenvalue weighted by molar-refractivity contribution is 0.0534. The first-order valence-electron chi connectivity index (χ1n) is 7.25. The molecule has 1 heterocycles. The van der Waals surface area contributed by atoms with E-state index in [1.54, 1.807) is 6.20 Å². The second kappa shape index (κ2) is 8.46. The first-order valence-corrected chi connectivity index (χ1v) is 7.25. The molecule has 0 fully saturated rings. The second-order valence-corrected chi connectivity index (χ2v) is 5.62. The monoisotopic (exact) mass is 294 g/mol. The number of aryl methyl sites for hydroxylation is 1. The Hall–Kier alpha value is -1.82. The summed E-state index contributed by atoms with van der Waals surface area (Å²) in [4.78, 5) is 11.4. The van der Waals surface area contributed by atoms with E-state index in [1.807, 2.05) is 43.7 Å². The summed E-state index contributed by atoms with van der Waals surface area (Å²) in [6, 6.07) is 2.00. The predicted octanol–water partition coefficient (Wildman–Crippen LogP) is 2.07. The van der Waals surface area contributed by atoms with E-state index in [-0.39, 0.29) is 0 Å². The normalized spacial score (nSPS) is 11.8. The highest BCUT2D eigenvalue weighted by Crippen LogP contribution is 2.06. The van der Waals surface area contributed by atoms with Gasteiger partial charge in [0.15, 0.2) is 0 Å². The number of carbonyl (C=O) groups is 1. The van der Waals surface area contributed by atoms with E-state index in [4.69, 9.17) is 4.74 Å². The van der Waals surface area contributed by atoms with Gasteiger partial charge in [-0.1, -0.05) is 12.2 Å². The average molecular weight is 294 g/mol. The molecule has 0 bridgehead atoms. The summed E-state index contributed by atoms with van der Waals surface area (Å²) in [5.74, 6) is 0. The van der Waals surface area contributed by atoms with Crippen LogP contribution in [0.25, 0.3) is 0 Å². The van der Waals surface area contributed by atoms with Crippen molar-refractivity contribution in [2.45, 2.75) is 46.4 Å². The van der Waals surface area contributed by atoms with Crippen LogP contribution in [-0.4, -0.2) is 34.6 Å². The third-order valence-corrected chi connectivity index (χ3v) is 2.60. The SMILES string of the molecule is CCn1nccc1CNC/C=C/CNC(=O)OC(C)(C)C. The molecule has 0 saturated carbocycles. The predicted molar refractivity (Wildman–Crippen MR) is 83.0 cm³/mol. The van der Waals surface area contributed by atoms with Crippen LogP contribution in [0.2, 0.25) is 0 Å². The topological polar surface area (TPSA) is 68.2 Å². The summed E-state index contributed by atoms with van der Waals surface area (Å²) in [5, 5.41) is 10.2. The van der Waals surface area contributed by atoms with Crippen LogP contribution in [0, 0.1) is 0 Å². The smallest absolute Gasteiger partial charge is 0.407 e. The largest absolute Gasteiger partial charge is 0.444 e. The zero-order valence-electron chi connectivity index (χ0n) is 13.3. The number of carbonyl (C=O) groups excluding carboxylic acids is 1. The Morgan fingerprint density at radius 2 is 2.10 bits per heavy atom. The van der Waals surface area contributed by atoms with Crippen LogP contribution in [0.15, 0.2) is 24.4 Å². The molecule has 1 aromatic heterocycles. The van der Waals surface area contributed by atoms with E-state index in [2.05, 4.69) is 22.7 Å². The Morgan fingerprint density at radius 1 is 1.38 bits per heavy atom. The number of nitrogens with one attached hydrogen (secondary N) is 2. The van der Waals surface area contributed by atoms with E-state index in [0.29, 0.717) is 6.54 Å². The van der Waals surface area contributed by atoms with Crippen LogP contribution in [0.4, 0.5) is 4.79 Å². The van der Waals surface area contributed by atoms with Gasteiger partial charge in [-0.25, -0.2) is 4.79 Å². The molecule has 2 N–H and O–H groups in total. The molecular formula is C15H26N4O2. The highest BCUT2D eigenvalue weighted by Gasteiger charge is 2.14. The number of ether oxygens (including phenoxy) is 1. The standard InChI is InChI=1S/C15H26N4O2/c1-5-19-13(8-11-18-19)12-16-9-6-7-10-17-14(20)21-15(2,3)4/h6-8,11,16H,5,9-10,12H2,1-4H3,(H,17,20)/b7-6+. The van der Waals surface area contributed by atoms with Gasteiger partial charge in [0.25, 0.3) is 0 Å². The Bertz CT molecular complexity index is 460. The van der Waals surface area contributed by atoms with Crippen molar-refractivity contribution in [3.63, 3.8) is 0 Å². The minimum atomic E-state index is -0.461. The van der Waals surface area contributed by atoms with Crippen molar-refractivity contribution in [2.75, 3.05) is 13.1 Å². The van der Waals surface area contributed by atoms with Crippen molar-refractivity contribution in [1.29, 1.82) is 0 Å². The van der Waals surface area contributed by atoms with E-state index in [0.717, 1.165) is 25.3 Å². The molecule has 6 heteroatoms. The summed E-state index contributed by atoms with van der Waals surface area (Å²) >= 11 is 0. The van der Waals surface area contributed by atoms with Gasteiger partial charge in [0.05, 0.1) is 5.69 Å². The van der Waals surface area contributed by atoms with Gasteiger partial charge in [-0.05, 0) is 33.8 Å². The zero-order valence-corrected chi connectivity index (χ0v) is 13.3. The fourth-order valence-electron chi connectivity index (χ4n) is 1.70. The van der Waals surface area contributed by atoms with Gasteiger partial charge in [-0.2, -0.15) is 5.10 Å². The van der Waals surface area contributed by atoms with Crippen molar-refractivity contribution in [3.8, 4) is 0 Å². The molecular weight excluding hydrogens is 268 g/mol.